The fraction of sp³-hybridized carbons (Fsp3) is 0.571. The van der Waals surface area contributed by atoms with Crippen LogP contribution >= 0.6 is 24.0 Å². The predicted molar refractivity (Wildman–Crippen MR) is 128 cm³/mol. The highest BCUT2D eigenvalue weighted by molar-refractivity contribution is 14.0. The highest BCUT2D eigenvalue weighted by atomic mass is 127. The molecule has 0 radical (unpaired) electrons. The molecule has 2 aromatic rings. The maximum atomic E-state index is 5.47. The first kappa shape index (κ1) is 23.0. The Bertz CT molecular complexity index is 780. The van der Waals surface area contributed by atoms with Gasteiger partial charge in [0.1, 0.15) is 0 Å². The Kier molecular flexibility index (Phi) is 8.57. The first-order valence-corrected chi connectivity index (χ1v) is 9.84. The van der Waals surface area contributed by atoms with E-state index in [-0.39, 0.29) is 29.5 Å². The van der Waals surface area contributed by atoms with Crippen LogP contribution in [0.2, 0.25) is 0 Å². The van der Waals surface area contributed by atoms with Gasteiger partial charge in [0.25, 0.3) is 0 Å². The number of aryl methyl sites for hydroxylation is 1. The third-order valence-corrected chi connectivity index (χ3v) is 5.46. The number of fused-ring (bicyclic) bond motifs is 1. The van der Waals surface area contributed by atoms with Crippen molar-refractivity contribution in [3.8, 4) is 0 Å². The Morgan fingerprint density at radius 1 is 1.25 bits per heavy atom. The summed E-state index contributed by atoms with van der Waals surface area (Å²) in [5.41, 5.74) is 3.94. The molecule has 0 bridgehead atoms. The lowest BCUT2D eigenvalue weighted by atomic mass is 10.0. The molecule has 1 aromatic carbocycles. The van der Waals surface area contributed by atoms with Gasteiger partial charge in [-0.3, -0.25) is 9.89 Å². The molecule has 0 saturated carbocycles. The number of morpholine rings is 1. The summed E-state index contributed by atoms with van der Waals surface area (Å²) in [7, 11) is 1.83. The second-order valence-corrected chi connectivity index (χ2v) is 7.83. The van der Waals surface area contributed by atoms with Gasteiger partial charge in [-0.05, 0) is 44.4 Å². The van der Waals surface area contributed by atoms with Gasteiger partial charge in [0.15, 0.2) is 5.96 Å². The van der Waals surface area contributed by atoms with Crippen LogP contribution in [0, 0.1) is 6.92 Å². The molecule has 28 heavy (non-hydrogen) atoms. The quantitative estimate of drug-likeness (QED) is 0.325. The molecule has 1 saturated heterocycles. The van der Waals surface area contributed by atoms with Crippen molar-refractivity contribution in [2.24, 2.45) is 4.99 Å². The maximum Gasteiger partial charge on any atom is 0.191 e. The average Bonchev–Trinajstić information content (AvgIpc) is 3.09. The number of nitrogens with zero attached hydrogens (tertiary/aromatic N) is 2. The summed E-state index contributed by atoms with van der Waals surface area (Å²) < 4.78 is 5.47. The number of ether oxygens (including phenoxy) is 1. The van der Waals surface area contributed by atoms with Crippen LogP contribution in [0.5, 0.6) is 0 Å². The van der Waals surface area contributed by atoms with E-state index in [1.165, 1.54) is 22.0 Å². The Morgan fingerprint density at radius 2 is 2.00 bits per heavy atom. The first-order valence-electron chi connectivity index (χ1n) is 9.84. The molecule has 1 aliphatic heterocycles. The zero-order valence-corrected chi connectivity index (χ0v) is 19.8. The number of aliphatic imine (C=N–C) groups is 1. The molecule has 0 aliphatic carbocycles. The SMILES string of the molecule is CN=C(NCCc1c[nH]c2cccc(C)c12)NCC(C)(C)N1CCOCC1.I. The van der Waals surface area contributed by atoms with E-state index in [1.807, 2.05) is 7.05 Å². The molecule has 1 aromatic heterocycles. The Balaban J connectivity index is 0.00000280. The van der Waals surface area contributed by atoms with Gasteiger partial charge in [0, 0.05) is 55.9 Å². The number of guanidine groups is 1. The van der Waals surface area contributed by atoms with Gasteiger partial charge in [-0.25, -0.2) is 0 Å². The van der Waals surface area contributed by atoms with Crippen LogP contribution in [-0.4, -0.2) is 67.8 Å². The summed E-state index contributed by atoms with van der Waals surface area (Å²) in [6.45, 7) is 12.0. The molecule has 0 atom stereocenters. The normalized spacial score (nSPS) is 16.1. The number of hydrogen-bond acceptors (Lipinski definition) is 3. The largest absolute Gasteiger partial charge is 0.379 e. The van der Waals surface area contributed by atoms with E-state index in [0.29, 0.717) is 0 Å². The van der Waals surface area contributed by atoms with Crippen LogP contribution in [0.3, 0.4) is 0 Å². The Hall–Kier alpha value is -1.32. The van der Waals surface area contributed by atoms with Gasteiger partial charge >= 0.3 is 0 Å². The molecule has 3 N–H and O–H groups in total. The van der Waals surface area contributed by atoms with Gasteiger partial charge in [0.05, 0.1) is 13.2 Å². The van der Waals surface area contributed by atoms with Gasteiger partial charge in [0.2, 0.25) is 0 Å². The van der Waals surface area contributed by atoms with Crippen LogP contribution in [0.25, 0.3) is 10.9 Å². The first-order chi connectivity index (χ1) is 13.0. The number of aromatic nitrogens is 1. The molecule has 0 amide bonds. The maximum absolute atomic E-state index is 5.47. The number of aromatic amines is 1. The molecule has 156 valence electrons. The van der Waals surface area contributed by atoms with E-state index < -0.39 is 0 Å². The highest BCUT2D eigenvalue weighted by Crippen LogP contribution is 2.22. The molecule has 7 heteroatoms. The molecule has 0 spiro atoms. The Morgan fingerprint density at radius 3 is 2.71 bits per heavy atom. The van der Waals surface area contributed by atoms with Gasteiger partial charge in [-0.15, -0.1) is 24.0 Å². The van der Waals surface area contributed by atoms with Crippen molar-refractivity contribution < 1.29 is 4.74 Å². The fourth-order valence-corrected chi connectivity index (χ4v) is 3.77. The lowest BCUT2D eigenvalue weighted by Crippen LogP contribution is -2.56. The minimum Gasteiger partial charge on any atom is -0.379 e. The minimum atomic E-state index is 0. The third kappa shape index (κ3) is 5.61. The van der Waals surface area contributed by atoms with E-state index in [4.69, 9.17) is 4.74 Å². The molecule has 1 fully saturated rings. The molecule has 0 unspecified atom stereocenters. The van der Waals surface area contributed by atoms with E-state index in [2.05, 4.69) is 70.7 Å². The zero-order valence-electron chi connectivity index (χ0n) is 17.5. The number of hydrogen-bond donors (Lipinski definition) is 3. The van der Waals surface area contributed by atoms with Crippen molar-refractivity contribution in [1.82, 2.24) is 20.5 Å². The van der Waals surface area contributed by atoms with Gasteiger partial charge in [-0.2, -0.15) is 0 Å². The standard InChI is InChI=1S/C21H33N5O.HI/c1-16-6-5-7-18-19(16)17(14-24-18)8-9-23-20(22-4)25-15-21(2,3)26-10-12-27-13-11-26;/h5-7,14,24H,8-13,15H2,1-4H3,(H2,22,23,25);1H. The second-order valence-electron chi connectivity index (χ2n) is 7.83. The minimum absolute atomic E-state index is 0. The van der Waals surface area contributed by atoms with E-state index in [1.54, 1.807) is 0 Å². The average molecular weight is 499 g/mol. The summed E-state index contributed by atoms with van der Waals surface area (Å²) in [4.78, 5) is 10.2. The van der Waals surface area contributed by atoms with Crippen LogP contribution in [0.1, 0.15) is 25.0 Å². The van der Waals surface area contributed by atoms with Crippen molar-refractivity contribution >= 4 is 40.8 Å². The molecule has 1 aliphatic rings. The molecule has 3 rings (SSSR count). The number of H-pyrrole nitrogens is 1. The zero-order chi connectivity index (χ0) is 19.3. The Labute approximate surface area is 185 Å². The summed E-state index contributed by atoms with van der Waals surface area (Å²) >= 11 is 0. The number of halogens is 1. The number of benzene rings is 1. The van der Waals surface area contributed by atoms with E-state index >= 15 is 0 Å². The monoisotopic (exact) mass is 499 g/mol. The molecule has 6 nitrogen and oxygen atoms in total. The van der Waals surface area contributed by atoms with Gasteiger partial charge in [-0.1, -0.05) is 12.1 Å². The molecular weight excluding hydrogens is 465 g/mol. The van der Waals surface area contributed by atoms with Crippen LogP contribution < -0.4 is 10.6 Å². The lowest BCUT2D eigenvalue weighted by molar-refractivity contribution is -0.00833. The summed E-state index contributed by atoms with van der Waals surface area (Å²) in [6.07, 6.45) is 3.08. The van der Waals surface area contributed by atoms with E-state index in [0.717, 1.165) is 51.8 Å². The van der Waals surface area contributed by atoms with Crippen LogP contribution in [0.4, 0.5) is 0 Å². The van der Waals surface area contributed by atoms with Crippen molar-refractivity contribution in [2.45, 2.75) is 32.7 Å². The topological polar surface area (TPSA) is 64.7 Å². The van der Waals surface area contributed by atoms with E-state index in [9.17, 15) is 0 Å². The fourth-order valence-electron chi connectivity index (χ4n) is 3.77. The highest BCUT2D eigenvalue weighted by Gasteiger charge is 2.28. The smallest absolute Gasteiger partial charge is 0.191 e. The van der Waals surface area contributed by atoms with Crippen molar-refractivity contribution in [2.75, 3.05) is 46.4 Å². The van der Waals surface area contributed by atoms with Crippen LogP contribution in [0.15, 0.2) is 29.4 Å². The lowest BCUT2D eigenvalue weighted by Gasteiger charge is -2.41. The molecular formula is C21H34IN5O. The third-order valence-electron chi connectivity index (χ3n) is 5.46. The summed E-state index contributed by atoms with van der Waals surface area (Å²) in [6, 6.07) is 6.40. The summed E-state index contributed by atoms with van der Waals surface area (Å²) in [5, 5.41) is 8.28. The molecule has 2 heterocycles. The van der Waals surface area contributed by atoms with Crippen molar-refractivity contribution in [1.29, 1.82) is 0 Å². The predicted octanol–water partition coefficient (Wildman–Crippen LogP) is 2.91. The van der Waals surface area contributed by atoms with Crippen LogP contribution in [-0.2, 0) is 11.2 Å². The number of nitrogens with one attached hydrogen (secondary N) is 3. The van der Waals surface area contributed by atoms with Crippen molar-refractivity contribution in [3.63, 3.8) is 0 Å². The van der Waals surface area contributed by atoms with Crippen molar-refractivity contribution in [3.05, 3.63) is 35.5 Å². The number of rotatable bonds is 6. The second kappa shape index (κ2) is 10.5. The van der Waals surface area contributed by atoms with Gasteiger partial charge < -0.3 is 20.4 Å². The summed E-state index contributed by atoms with van der Waals surface area (Å²) in [5.74, 6) is 0.855.